The van der Waals surface area contributed by atoms with E-state index in [0.29, 0.717) is 0 Å². The summed E-state index contributed by atoms with van der Waals surface area (Å²) < 4.78 is 0. The van der Waals surface area contributed by atoms with Crippen molar-refractivity contribution in [1.82, 2.24) is 4.98 Å². The molecule has 0 saturated heterocycles. The molecule has 1 fully saturated rings. The zero-order chi connectivity index (χ0) is 7.03. The smallest absolute Gasteiger partial charge is 0.101 e. The van der Waals surface area contributed by atoms with Gasteiger partial charge in [-0.15, -0.1) is 11.3 Å². The molecule has 1 aliphatic rings. The maximum Gasteiger partial charge on any atom is 0.101 e. The quantitative estimate of drug-likeness (QED) is 0.695. The number of aromatic nitrogens is 1. The van der Waals surface area contributed by atoms with Crippen molar-refractivity contribution in [2.45, 2.75) is 18.3 Å². The molecule has 10 heavy (non-hydrogen) atoms. The van der Waals surface area contributed by atoms with Crippen LogP contribution in [0.4, 0.5) is 0 Å². The number of nitrogens with zero attached hydrogens (tertiary/aromatic N) is 1. The monoisotopic (exact) mass is 155 g/mol. The molecule has 1 heterocycles. The first-order chi connectivity index (χ1) is 4.87. The molecule has 0 spiro atoms. The highest BCUT2D eigenvalue weighted by Gasteiger charge is 2.45. The Balaban J connectivity index is 2.27. The van der Waals surface area contributed by atoms with Gasteiger partial charge in [0.1, 0.15) is 5.01 Å². The lowest BCUT2D eigenvalue weighted by Gasteiger charge is -2.04. The van der Waals surface area contributed by atoms with Crippen LogP contribution in [0, 0.1) is 0 Å². The standard InChI is InChI=1S/C7H9NOS/c9-5-7(1-2-7)6-8-3-4-10-6/h3-4,9H,1-2,5H2. The van der Waals surface area contributed by atoms with Gasteiger partial charge in [0, 0.05) is 17.0 Å². The summed E-state index contributed by atoms with van der Waals surface area (Å²) in [6, 6.07) is 0. The van der Waals surface area contributed by atoms with E-state index >= 15 is 0 Å². The maximum atomic E-state index is 8.99. The van der Waals surface area contributed by atoms with E-state index in [1.165, 1.54) is 0 Å². The Morgan fingerprint density at radius 1 is 1.70 bits per heavy atom. The van der Waals surface area contributed by atoms with Gasteiger partial charge in [-0.2, -0.15) is 0 Å². The van der Waals surface area contributed by atoms with E-state index in [0.717, 1.165) is 17.8 Å². The second-order valence-electron chi connectivity index (χ2n) is 2.78. The Labute approximate surface area is 63.5 Å². The molecular weight excluding hydrogens is 146 g/mol. The van der Waals surface area contributed by atoms with Crippen molar-refractivity contribution >= 4 is 11.3 Å². The average Bonchev–Trinajstić information content (AvgIpc) is 2.58. The third-order valence-corrected chi connectivity index (χ3v) is 3.06. The molecule has 54 valence electrons. The molecule has 2 nitrogen and oxygen atoms in total. The number of hydrogen-bond acceptors (Lipinski definition) is 3. The lowest BCUT2D eigenvalue weighted by atomic mass is 10.1. The Morgan fingerprint density at radius 3 is 2.90 bits per heavy atom. The fraction of sp³-hybridized carbons (Fsp3) is 0.571. The molecule has 1 aromatic rings. The molecular formula is C7H9NOS. The molecule has 1 saturated carbocycles. The predicted octanol–water partition coefficient (Wildman–Crippen LogP) is 1.17. The second-order valence-corrected chi connectivity index (χ2v) is 3.67. The van der Waals surface area contributed by atoms with Crippen molar-refractivity contribution in [3.8, 4) is 0 Å². The largest absolute Gasteiger partial charge is 0.395 e. The van der Waals surface area contributed by atoms with Crippen LogP contribution in [0.1, 0.15) is 17.8 Å². The van der Waals surface area contributed by atoms with Crippen molar-refractivity contribution in [3.63, 3.8) is 0 Å². The molecule has 0 bridgehead atoms. The minimum absolute atomic E-state index is 0.0775. The second kappa shape index (κ2) is 2.04. The number of aliphatic hydroxyl groups excluding tert-OH is 1. The van der Waals surface area contributed by atoms with Crippen LogP contribution >= 0.6 is 11.3 Å². The fourth-order valence-electron chi connectivity index (χ4n) is 1.08. The highest BCUT2D eigenvalue weighted by molar-refractivity contribution is 7.09. The lowest BCUT2D eigenvalue weighted by molar-refractivity contribution is 0.255. The lowest BCUT2D eigenvalue weighted by Crippen LogP contribution is -2.10. The third-order valence-electron chi connectivity index (χ3n) is 2.04. The van der Waals surface area contributed by atoms with Gasteiger partial charge in [-0.05, 0) is 12.8 Å². The van der Waals surface area contributed by atoms with Gasteiger partial charge < -0.3 is 5.11 Å². The van der Waals surface area contributed by atoms with Gasteiger partial charge in [-0.25, -0.2) is 4.98 Å². The van der Waals surface area contributed by atoms with Crippen LogP contribution in [0.5, 0.6) is 0 Å². The maximum absolute atomic E-state index is 8.99. The minimum atomic E-state index is 0.0775. The van der Waals surface area contributed by atoms with Crippen LogP contribution in [-0.2, 0) is 5.41 Å². The molecule has 3 heteroatoms. The molecule has 1 aliphatic carbocycles. The first kappa shape index (κ1) is 6.31. The Morgan fingerprint density at radius 2 is 2.50 bits per heavy atom. The van der Waals surface area contributed by atoms with Crippen LogP contribution < -0.4 is 0 Å². The summed E-state index contributed by atoms with van der Waals surface area (Å²) in [7, 11) is 0. The summed E-state index contributed by atoms with van der Waals surface area (Å²) in [6.45, 7) is 0.264. The van der Waals surface area contributed by atoms with E-state index in [1.54, 1.807) is 17.5 Å². The van der Waals surface area contributed by atoms with Crippen LogP contribution in [-0.4, -0.2) is 16.7 Å². The van der Waals surface area contributed by atoms with Crippen molar-refractivity contribution < 1.29 is 5.11 Å². The topological polar surface area (TPSA) is 33.1 Å². The summed E-state index contributed by atoms with van der Waals surface area (Å²) in [5, 5.41) is 12.1. The third kappa shape index (κ3) is 0.777. The molecule has 0 aromatic carbocycles. The zero-order valence-corrected chi connectivity index (χ0v) is 6.40. The minimum Gasteiger partial charge on any atom is -0.395 e. The van der Waals surface area contributed by atoms with E-state index in [2.05, 4.69) is 4.98 Å². The number of hydrogen-bond donors (Lipinski definition) is 1. The zero-order valence-electron chi connectivity index (χ0n) is 5.58. The molecule has 1 aromatic heterocycles. The summed E-state index contributed by atoms with van der Waals surface area (Å²) in [5.41, 5.74) is 0.0775. The fourth-order valence-corrected chi connectivity index (χ4v) is 1.97. The molecule has 0 unspecified atom stereocenters. The van der Waals surface area contributed by atoms with Crippen LogP contribution in [0.15, 0.2) is 11.6 Å². The summed E-state index contributed by atoms with van der Waals surface area (Å²) in [4.78, 5) is 4.18. The highest BCUT2D eigenvalue weighted by Crippen LogP contribution is 2.48. The van der Waals surface area contributed by atoms with Gasteiger partial charge in [0.05, 0.1) is 6.61 Å². The van der Waals surface area contributed by atoms with Crippen LogP contribution in [0.25, 0.3) is 0 Å². The van der Waals surface area contributed by atoms with E-state index in [1.807, 2.05) is 5.38 Å². The van der Waals surface area contributed by atoms with E-state index in [-0.39, 0.29) is 12.0 Å². The van der Waals surface area contributed by atoms with Crippen molar-refractivity contribution in [3.05, 3.63) is 16.6 Å². The number of rotatable bonds is 2. The molecule has 1 N–H and O–H groups in total. The Bertz CT molecular complexity index is 216. The molecule has 0 amide bonds. The van der Waals surface area contributed by atoms with Gasteiger partial charge in [-0.3, -0.25) is 0 Å². The Kier molecular flexibility index (Phi) is 1.28. The first-order valence-corrected chi connectivity index (χ1v) is 4.26. The van der Waals surface area contributed by atoms with Gasteiger partial charge in [0.2, 0.25) is 0 Å². The van der Waals surface area contributed by atoms with Gasteiger partial charge >= 0.3 is 0 Å². The summed E-state index contributed by atoms with van der Waals surface area (Å²) in [5.74, 6) is 0. The number of aliphatic hydroxyl groups is 1. The van der Waals surface area contributed by atoms with E-state index in [9.17, 15) is 0 Å². The van der Waals surface area contributed by atoms with Crippen molar-refractivity contribution in [2.24, 2.45) is 0 Å². The van der Waals surface area contributed by atoms with Gasteiger partial charge in [0.15, 0.2) is 0 Å². The van der Waals surface area contributed by atoms with Crippen LogP contribution in [0.2, 0.25) is 0 Å². The first-order valence-electron chi connectivity index (χ1n) is 3.38. The Hall–Kier alpha value is -0.410. The normalized spacial score (nSPS) is 20.9. The number of thiazole rings is 1. The van der Waals surface area contributed by atoms with Gasteiger partial charge in [-0.1, -0.05) is 0 Å². The SMILES string of the molecule is OCC1(c2nccs2)CC1. The van der Waals surface area contributed by atoms with E-state index < -0.39 is 0 Å². The van der Waals surface area contributed by atoms with Crippen molar-refractivity contribution in [1.29, 1.82) is 0 Å². The molecule has 2 rings (SSSR count). The van der Waals surface area contributed by atoms with Crippen molar-refractivity contribution in [2.75, 3.05) is 6.61 Å². The van der Waals surface area contributed by atoms with E-state index in [4.69, 9.17) is 5.11 Å². The predicted molar refractivity (Wildman–Crippen MR) is 40.1 cm³/mol. The molecule has 0 atom stereocenters. The van der Waals surface area contributed by atoms with Gasteiger partial charge in [0.25, 0.3) is 0 Å². The highest BCUT2D eigenvalue weighted by atomic mass is 32.1. The molecule has 0 aliphatic heterocycles. The molecule has 0 radical (unpaired) electrons. The van der Waals surface area contributed by atoms with Crippen LogP contribution in [0.3, 0.4) is 0 Å². The average molecular weight is 155 g/mol. The summed E-state index contributed by atoms with van der Waals surface area (Å²) in [6.07, 6.45) is 4.02. The summed E-state index contributed by atoms with van der Waals surface area (Å²) >= 11 is 1.65.